The quantitative estimate of drug-likeness (QED) is 0.613. The van der Waals surface area contributed by atoms with Gasteiger partial charge in [-0.15, -0.1) is 0 Å². The van der Waals surface area contributed by atoms with Crippen molar-refractivity contribution in [3.8, 4) is 0 Å². The summed E-state index contributed by atoms with van der Waals surface area (Å²) < 4.78 is 1.83. The summed E-state index contributed by atoms with van der Waals surface area (Å²) in [5.41, 5.74) is -0.320. The molecule has 8 heteroatoms. The van der Waals surface area contributed by atoms with Crippen molar-refractivity contribution in [2.24, 2.45) is 7.05 Å². The van der Waals surface area contributed by atoms with Crippen LogP contribution in [0.3, 0.4) is 0 Å². The van der Waals surface area contributed by atoms with Crippen LogP contribution in [0.4, 0.5) is 5.69 Å². The maximum Gasteiger partial charge on any atom is 0.343 e. The van der Waals surface area contributed by atoms with Gasteiger partial charge in [0, 0.05) is 32.1 Å². The van der Waals surface area contributed by atoms with Gasteiger partial charge in [0.1, 0.15) is 11.4 Å². The van der Waals surface area contributed by atoms with E-state index in [1.807, 2.05) is 11.6 Å². The summed E-state index contributed by atoms with van der Waals surface area (Å²) in [5, 5.41) is 23.1. The first-order chi connectivity index (χ1) is 10.0. The molecule has 21 heavy (non-hydrogen) atoms. The Morgan fingerprint density at radius 3 is 2.81 bits per heavy atom. The Kier molecular flexibility index (Phi) is 4.29. The van der Waals surface area contributed by atoms with Gasteiger partial charge in [-0.1, -0.05) is 12.1 Å². The molecule has 1 aromatic heterocycles. The molecule has 1 heterocycles. The fourth-order valence-electron chi connectivity index (χ4n) is 2.01. The molecule has 1 aromatic carbocycles. The van der Waals surface area contributed by atoms with Gasteiger partial charge in [-0.05, 0) is 5.56 Å². The molecule has 0 bridgehead atoms. The third kappa shape index (κ3) is 3.23. The lowest BCUT2D eigenvalue weighted by Gasteiger charge is -2.08. The second-order valence-electron chi connectivity index (χ2n) is 4.43. The first-order valence-electron chi connectivity index (χ1n) is 6.17. The molecular formula is C13H14N4O4. The van der Waals surface area contributed by atoms with E-state index in [1.165, 1.54) is 12.1 Å². The van der Waals surface area contributed by atoms with E-state index in [-0.39, 0.29) is 12.1 Å². The second-order valence-corrected chi connectivity index (χ2v) is 4.43. The number of carboxylic acid groups (broad SMARTS) is 1. The van der Waals surface area contributed by atoms with E-state index in [0.29, 0.717) is 12.1 Å². The maximum absolute atomic E-state index is 11.2. The topological polar surface area (TPSA) is 110 Å². The van der Waals surface area contributed by atoms with Gasteiger partial charge in [0.15, 0.2) is 0 Å². The number of aromatic carboxylic acids is 1. The molecule has 0 atom stereocenters. The zero-order valence-corrected chi connectivity index (χ0v) is 11.3. The van der Waals surface area contributed by atoms with Crippen LogP contribution in [-0.2, 0) is 20.1 Å². The molecule has 8 nitrogen and oxygen atoms in total. The van der Waals surface area contributed by atoms with Gasteiger partial charge in [0.05, 0.1) is 11.5 Å². The SMILES string of the molecule is Cn1ccnc1CNCc1cccc([N+](=O)[O-])c1C(=O)O. The molecule has 0 aliphatic rings. The average molecular weight is 290 g/mol. The highest BCUT2D eigenvalue weighted by Crippen LogP contribution is 2.22. The molecular weight excluding hydrogens is 276 g/mol. The number of aryl methyl sites for hydroxylation is 1. The Morgan fingerprint density at radius 2 is 2.24 bits per heavy atom. The zero-order chi connectivity index (χ0) is 15.4. The molecule has 0 unspecified atom stereocenters. The standard InChI is InChI=1S/C13H14N4O4/c1-16-6-5-15-11(16)8-14-7-9-3-2-4-10(17(20)21)12(9)13(18)19/h2-6,14H,7-8H2,1H3,(H,18,19). The summed E-state index contributed by atoms with van der Waals surface area (Å²) in [4.78, 5) is 25.6. The highest BCUT2D eigenvalue weighted by molar-refractivity contribution is 5.94. The van der Waals surface area contributed by atoms with Crippen molar-refractivity contribution in [1.29, 1.82) is 0 Å². The Hall–Kier alpha value is -2.74. The molecule has 2 rings (SSSR count). The van der Waals surface area contributed by atoms with E-state index in [2.05, 4.69) is 10.3 Å². The van der Waals surface area contributed by atoms with E-state index in [1.54, 1.807) is 18.5 Å². The Balaban J connectivity index is 2.16. The Labute approximate surface area is 120 Å². The molecule has 0 fully saturated rings. The molecule has 0 spiro atoms. The van der Waals surface area contributed by atoms with E-state index in [4.69, 9.17) is 0 Å². The summed E-state index contributed by atoms with van der Waals surface area (Å²) in [6.45, 7) is 0.640. The third-order valence-corrected chi connectivity index (χ3v) is 3.06. The minimum atomic E-state index is -1.31. The molecule has 0 aliphatic heterocycles. The number of carbonyl (C=O) groups is 1. The molecule has 0 amide bonds. The molecule has 2 aromatic rings. The van der Waals surface area contributed by atoms with Crippen LogP contribution in [0.25, 0.3) is 0 Å². The van der Waals surface area contributed by atoms with Crippen molar-refractivity contribution in [3.05, 3.63) is 57.7 Å². The van der Waals surface area contributed by atoms with E-state index in [9.17, 15) is 20.0 Å². The van der Waals surface area contributed by atoms with Crippen molar-refractivity contribution in [2.45, 2.75) is 13.1 Å². The van der Waals surface area contributed by atoms with Crippen LogP contribution in [-0.4, -0.2) is 25.6 Å². The fraction of sp³-hybridized carbons (Fsp3) is 0.231. The monoisotopic (exact) mass is 290 g/mol. The Bertz CT molecular complexity index is 681. The predicted octanol–water partition coefficient (Wildman–Crippen LogP) is 1.32. The van der Waals surface area contributed by atoms with Crippen LogP contribution in [0, 0.1) is 10.1 Å². The molecule has 0 saturated heterocycles. The minimum Gasteiger partial charge on any atom is -0.477 e. The van der Waals surface area contributed by atoms with Crippen molar-refractivity contribution in [2.75, 3.05) is 0 Å². The van der Waals surface area contributed by atoms with Crippen molar-refractivity contribution in [1.82, 2.24) is 14.9 Å². The number of nitro groups is 1. The zero-order valence-electron chi connectivity index (χ0n) is 11.3. The van der Waals surface area contributed by atoms with Crippen molar-refractivity contribution >= 4 is 11.7 Å². The number of carboxylic acids is 1. The lowest BCUT2D eigenvalue weighted by atomic mass is 10.1. The summed E-state index contributed by atoms with van der Waals surface area (Å²) in [5.74, 6) is -0.520. The van der Waals surface area contributed by atoms with Crippen LogP contribution >= 0.6 is 0 Å². The lowest BCUT2D eigenvalue weighted by molar-refractivity contribution is -0.385. The summed E-state index contributed by atoms with van der Waals surface area (Å²) in [7, 11) is 1.85. The molecule has 110 valence electrons. The molecule has 0 saturated carbocycles. The van der Waals surface area contributed by atoms with E-state index in [0.717, 1.165) is 5.82 Å². The predicted molar refractivity (Wildman–Crippen MR) is 73.8 cm³/mol. The first kappa shape index (κ1) is 14.7. The van der Waals surface area contributed by atoms with E-state index < -0.39 is 16.6 Å². The number of nitrogens with one attached hydrogen (secondary N) is 1. The third-order valence-electron chi connectivity index (χ3n) is 3.06. The van der Waals surface area contributed by atoms with Crippen molar-refractivity contribution in [3.63, 3.8) is 0 Å². The van der Waals surface area contributed by atoms with Crippen LogP contribution in [0.2, 0.25) is 0 Å². The smallest absolute Gasteiger partial charge is 0.343 e. The Morgan fingerprint density at radius 1 is 1.48 bits per heavy atom. The summed E-state index contributed by atoms with van der Waals surface area (Å²) in [6.07, 6.45) is 3.46. The number of rotatable bonds is 6. The summed E-state index contributed by atoms with van der Waals surface area (Å²) in [6, 6.07) is 4.22. The van der Waals surface area contributed by atoms with Gasteiger partial charge < -0.3 is 15.0 Å². The highest BCUT2D eigenvalue weighted by Gasteiger charge is 2.22. The van der Waals surface area contributed by atoms with E-state index >= 15 is 0 Å². The number of imidazole rings is 1. The van der Waals surface area contributed by atoms with Gasteiger partial charge in [-0.2, -0.15) is 0 Å². The van der Waals surface area contributed by atoms with Gasteiger partial charge >= 0.3 is 5.97 Å². The number of aromatic nitrogens is 2. The molecule has 0 aliphatic carbocycles. The van der Waals surface area contributed by atoms with Crippen LogP contribution in [0.5, 0.6) is 0 Å². The van der Waals surface area contributed by atoms with Gasteiger partial charge in [-0.3, -0.25) is 10.1 Å². The van der Waals surface area contributed by atoms with Gasteiger partial charge in [0.2, 0.25) is 0 Å². The fourth-order valence-corrected chi connectivity index (χ4v) is 2.01. The molecule has 2 N–H and O–H groups in total. The lowest BCUT2D eigenvalue weighted by Crippen LogP contribution is -2.18. The number of nitro benzene ring substituents is 1. The summed E-state index contributed by atoms with van der Waals surface area (Å²) >= 11 is 0. The second kappa shape index (κ2) is 6.14. The van der Waals surface area contributed by atoms with Crippen LogP contribution in [0.15, 0.2) is 30.6 Å². The minimum absolute atomic E-state index is 0.205. The normalized spacial score (nSPS) is 10.5. The van der Waals surface area contributed by atoms with Crippen LogP contribution in [0.1, 0.15) is 21.7 Å². The first-order valence-corrected chi connectivity index (χ1v) is 6.17. The molecule has 0 radical (unpaired) electrons. The van der Waals surface area contributed by atoms with Crippen molar-refractivity contribution < 1.29 is 14.8 Å². The number of hydrogen-bond donors (Lipinski definition) is 2. The van der Waals surface area contributed by atoms with Gasteiger partial charge in [-0.25, -0.2) is 9.78 Å². The average Bonchev–Trinajstić information content (AvgIpc) is 2.84. The maximum atomic E-state index is 11.2. The van der Waals surface area contributed by atoms with Gasteiger partial charge in [0.25, 0.3) is 5.69 Å². The largest absolute Gasteiger partial charge is 0.477 e. The number of hydrogen-bond acceptors (Lipinski definition) is 5. The van der Waals surface area contributed by atoms with Crippen LogP contribution < -0.4 is 5.32 Å². The number of nitrogens with zero attached hydrogens (tertiary/aromatic N) is 3. The highest BCUT2D eigenvalue weighted by atomic mass is 16.6. The number of benzene rings is 1.